The van der Waals surface area contributed by atoms with Crippen LogP contribution in [0.25, 0.3) is 0 Å². The molecule has 0 fully saturated rings. The lowest BCUT2D eigenvalue weighted by molar-refractivity contribution is -0.600. The molecular weight excluding hydrogens is 1270 g/mol. The summed E-state index contributed by atoms with van der Waals surface area (Å²) < 4.78 is 242. The third kappa shape index (κ3) is 17.2. The van der Waals surface area contributed by atoms with Crippen molar-refractivity contribution in [3.8, 4) is 5.75 Å². The van der Waals surface area contributed by atoms with Gasteiger partial charge in [-0.15, -0.1) is 23.2 Å². The van der Waals surface area contributed by atoms with Gasteiger partial charge in [0.05, 0.1) is 31.2 Å². The average molecular weight is 1310 g/mol. The van der Waals surface area contributed by atoms with E-state index in [0.717, 1.165) is 12.1 Å². The molecular formula is C44H39Cl2F15I2O6S. The van der Waals surface area contributed by atoms with Crippen LogP contribution in [0, 0.1) is 24.6 Å². The molecule has 390 valence electrons. The van der Waals surface area contributed by atoms with Gasteiger partial charge in [-0.1, -0.05) is 97.4 Å². The van der Waals surface area contributed by atoms with Gasteiger partial charge in [-0.05, 0) is 90.0 Å². The lowest BCUT2D eigenvalue weighted by Crippen LogP contribution is -3.61. The Morgan fingerprint density at radius 2 is 0.914 bits per heavy atom. The van der Waals surface area contributed by atoms with E-state index in [1.165, 1.54) is 116 Å². The SMILES string of the molecule is C.COc1ccc([I+]c2ccc(C)cc2C(OCc2ccccc2)(C(F)(F)F)C(F)(F)F)cc1.Cc1ccc(I)c(C(OCc2ccccc2)(C(F)(F)F)C(F)(F)F)c1.ClCCl.O=S(=O)([O-])C(F)(F)F. The lowest BCUT2D eigenvalue weighted by atomic mass is 9.90. The van der Waals surface area contributed by atoms with Crippen LogP contribution >= 0.6 is 45.8 Å². The summed E-state index contributed by atoms with van der Waals surface area (Å²) in [5.74, 6) is 0.540. The Morgan fingerprint density at radius 3 is 1.26 bits per heavy atom. The molecule has 5 aromatic carbocycles. The van der Waals surface area contributed by atoms with Gasteiger partial charge in [-0.2, -0.15) is 65.9 Å². The standard InChI is InChI=1S/C24H20F6IO2.C17H13F6IO.CH2Cl2.CHF3O3S.CH4/c1-16-8-13-21(31-18-9-11-19(32-2)12-10-18)20(14-16)22(23(25,26)27,24(28,29)30)33-15-17-6-4-3-5-7-17;1-11-7-8-14(24)13(9-11)15(16(18,19)20,17(21,22)23)25-10-12-5-3-2-4-6-12;2-1-3;2-1(3,4)8(5,6)7;/h3-14H,15H2,1-2H3;2-9H,10H2,1H3;1H2;(H,5,6,7);1H4/q+1;;;;/p-1. The summed E-state index contributed by atoms with van der Waals surface area (Å²) in [6, 6.07) is 28.8. The van der Waals surface area contributed by atoms with Crippen molar-refractivity contribution in [3.63, 3.8) is 0 Å². The molecule has 0 spiro atoms. The summed E-state index contributed by atoms with van der Waals surface area (Å²) >= 11 is 9.60. The van der Waals surface area contributed by atoms with Crippen LogP contribution in [0.4, 0.5) is 65.9 Å². The van der Waals surface area contributed by atoms with Crippen molar-refractivity contribution in [3.05, 3.63) is 165 Å². The van der Waals surface area contributed by atoms with Crippen molar-refractivity contribution >= 4 is 55.9 Å². The summed E-state index contributed by atoms with van der Waals surface area (Å²) in [6.07, 6.45) is -22.9. The summed E-state index contributed by atoms with van der Waals surface area (Å²) in [7, 11) is -4.62. The van der Waals surface area contributed by atoms with Crippen molar-refractivity contribution in [1.82, 2.24) is 0 Å². The third-order valence-corrected chi connectivity index (χ3v) is 13.1. The van der Waals surface area contributed by atoms with Crippen molar-refractivity contribution in [2.45, 2.75) is 75.9 Å². The second-order valence-electron chi connectivity index (χ2n) is 13.6. The van der Waals surface area contributed by atoms with E-state index in [2.05, 4.69) is 4.74 Å². The zero-order valence-corrected chi connectivity index (χ0v) is 41.9. The first kappa shape index (κ1) is 64.7. The highest BCUT2D eigenvalue weighted by molar-refractivity contribution is 14.1. The Kier molecular flexibility index (Phi) is 24.6. The third-order valence-electron chi connectivity index (χ3n) is 8.74. The molecule has 0 aliphatic heterocycles. The molecule has 0 aromatic heterocycles. The van der Waals surface area contributed by atoms with E-state index < -0.39 is 97.1 Å². The van der Waals surface area contributed by atoms with Gasteiger partial charge in [-0.3, -0.25) is 0 Å². The van der Waals surface area contributed by atoms with Crippen LogP contribution < -0.4 is 25.9 Å². The molecule has 70 heavy (non-hydrogen) atoms. The molecule has 6 nitrogen and oxygen atoms in total. The van der Waals surface area contributed by atoms with Crippen LogP contribution in [0.5, 0.6) is 5.75 Å². The van der Waals surface area contributed by atoms with E-state index in [9.17, 15) is 65.9 Å². The number of benzene rings is 5. The van der Waals surface area contributed by atoms with E-state index >= 15 is 0 Å². The number of rotatable bonds is 11. The maximum Gasteiger partial charge on any atom is 0.485 e. The first-order chi connectivity index (χ1) is 31.6. The van der Waals surface area contributed by atoms with E-state index in [-0.39, 0.29) is 42.2 Å². The molecule has 0 unspecified atom stereocenters. The van der Waals surface area contributed by atoms with Crippen molar-refractivity contribution in [2.75, 3.05) is 12.4 Å². The number of halogens is 19. The zero-order chi connectivity index (χ0) is 52.9. The lowest BCUT2D eigenvalue weighted by Gasteiger charge is -2.38. The van der Waals surface area contributed by atoms with Gasteiger partial charge < -0.3 is 18.8 Å². The fourth-order valence-electron chi connectivity index (χ4n) is 5.60. The minimum atomic E-state index is -6.09. The Hall–Kier alpha value is -3.28. The van der Waals surface area contributed by atoms with Gasteiger partial charge in [0, 0.05) is 9.13 Å². The molecule has 0 aliphatic carbocycles. The number of ether oxygens (including phenoxy) is 3. The van der Waals surface area contributed by atoms with Crippen LogP contribution in [-0.2, 0) is 44.0 Å². The summed E-state index contributed by atoms with van der Waals surface area (Å²) in [5, 5.41) is 0.194. The van der Waals surface area contributed by atoms with Gasteiger partial charge in [0.1, 0.15) is 5.75 Å². The molecule has 0 atom stereocenters. The average Bonchev–Trinajstić information content (AvgIpc) is 3.22. The number of aryl methyl sites for hydroxylation is 2. The van der Waals surface area contributed by atoms with Gasteiger partial charge in [0.2, 0.25) is 3.57 Å². The topological polar surface area (TPSA) is 84.9 Å². The number of hydrogen-bond acceptors (Lipinski definition) is 6. The van der Waals surface area contributed by atoms with Gasteiger partial charge in [0.25, 0.3) is 11.2 Å². The van der Waals surface area contributed by atoms with E-state index in [1.807, 2.05) is 0 Å². The molecule has 0 bridgehead atoms. The van der Waals surface area contributed by atoms with E-state index in [1.54, 1.807) is 36.4 Å². The minimum absolute atomic E-state index is 0. The fraction of sp³-hybridized carbons (Fsp3) is 0.318. The van der Waals surface area contributed by atoms with E-state index in [0.29, 0.717) is 9.32 Å². The van der Waals surface area contributed by atoms with Crippen molar-refractivity contribution in [1.29, 1.82) is 0 Å². The number of hydrogen-bond donors (Lipinski definition) is 0. The maximum atomic E-state index is 14.4. The second-order valence-corrected chi connectivity index (χ2v) is 19.9. The van der Waals surface area contributed by atoms with Crippen LogP contribution in [0.1, 0.15) is 40.8 Å². The predicted molar refractivity (Wildman–Crippen MR) is 235 cm³/mol. The normalized spacial score (nSPS) is 12.5. The molecule has 0 amide bonds. The predicted octanol–water partition coefficient (Wildman–Crippen LogP) is 11.9. The Balaban J connectivity index is 0.000000583. The smallest absolute Gasteiger partial charge is 0.485 e. The van der Waals surface area contributed by atoms with Crippen molar-refractivity contribution < 1.29 is 114 Å². The summed E-state index contributed by atoms with van der Waals surface area (Å²) in [4.78, 5) is 0. The van der Waals surface area contributed by atoms with Gasteiger partial charge in [-0.25, -0.2) is 8.42 Å². The molecule has 0 radical (unpaired) electrons. The van der Waals surface area contributed by atoms with Gasteiger partial charge in [0.15, 0.2) is 13.7 Å². The van der Waals surface area contributed by atoms with Crippen molar-refractivity contribution in [2.24, 2.45) is 0 Å². The van der Waals surface area contributed by atoms with Crippen LogP contribution in [0.15, 0.2) is 121 Å². The number of methoxy groups -OCH3 is 1. The summed E-state index contributed by atoms with van der Waals surface area (Å²) in [6.45, 7) is 1.19. The highest BCUT2D eigenvalue weighted by atomic mass is 127. The summed E-state index contributed by atoms with van der Waals surface area (Å²) in [5.41, 5.74) is -15.4. The monoisotopic (exact) mass is 1300 g/mol. The first-order valence-electron chi connectivity index (χ1n) is 18.6. The molecule has 0 N–H and O–H groups in total. The minimum Gasteiger partial charge on any atom is -0.741 e. The second kappa shape index (κ2) is 26.6. The van der Waals surface area contributed by atoms with E-state index in [4.69, 9.17) is 45.6 Å². The maximum absolute atomic E-state index is 14.4. The Bertz CT molecular complexity index is 2450. The number of alkyl halides is 17. The molecule has 0 saturated carbocycles. The highest BCUT2D eigenvalue weighted by Gasteiger charge is 2.75. The highest BCUT2D eigenvalue weighted by Crippen LogP contribution is 2.55. The van der Waals surface area contributed by atoms with Gasteiger partial charge >= 0.3 is 51.4 Å². The molecule has 26 heteroatoms. The van der Waals surface area contributed by atoms with Crippen LogP contribution in [0.2, 0.25) is 0 Å². The Labute approximate surface area is 426 Å². The molecule has 5 rings (SSSR count). The quantitative estimate of drug-likeness (QED) is 0.0431. The largest absolute Gasteiger partial charge is 0.741 e. The first-order valence-corrected chi connectivity index (χ1v) is 24.3. The van der Waals surface area contributed by atoms with Crippen LogP contribution in [0.3, 0.4) is 0 Å². The molecule has 0 saturated heterocycles. The zero-order valence-electron chi connectivity index (χ0n) is 35.2. The molecule has 0 aliphatic rings. The fourth-order valence-corrected chi connectivity index (χ4v) is 8.89. The molecule has 5 aromatic rings. The van der Waals surface area contributed by atoms with Crippen LogP contribution in [-0.4, -0.2) is 55.6 Å². The molecule has 0 heterocycles. The Morgan fingerprint density at radius 1 is 0.571 bits per heavy atom.